The highest BCUT2D eigenvalue weighted by Gasteiger charge is 2.08. The van der Waals surface area contributed by atoms with Gasteiger partial charge in [-0.25, -0.2) is 0 Å². The second kappa shape index (κ2) is 12.2. The van der Waals surface area contributed by atoms with Gasteiger partial charge in [0, 0.05) is 39.8 Å². The van der Waals surface area contributed by atoms with Crippen LogP contribution in [0.15, 0.2) is 53.5 Å². The third-order valence-corrected chi connectivity index (χ3v) is 4.46. The Morgan fingerprint density at radius 1 is 1.07 bits per heavy atom. The molecule has 2 N–H and O–H groups in total. The third kappa shape index (κ3) is 7.51. The molecule has 0 bridgehead atoms. The summed E-state index contributed by atoms with van der Waals surface area (Å²) in [6.45, 7) is 1.76. The summed E-state index contributed by atoms with van der Waals surface area (Å²) >= 11 is 0. The van der Waals surface area contributed by atoms with Crippen LogP contribution in [0.25, 0.3) is 0 Å². The van der Waals surface area contributed by atoms with Crippen molar-refractivity contribution in [2.75, 3.05) is 40.8 Å². The van der Waals surface area contributed by atoms with E-state index in [0.717, 1.165) is 43.2 Å². The van der Waals surface area contributed by atoms with Crippen LogP contribution >= 0.6 is 0 Å². The standard InChI is InChI=1S/C24H30N4O2/c1-5-17-30-22-11-9-19(10-12-22)13-15-26-24(25-2)27-16-14-20-7-6-8-21(18-20)23(29)28(3)4/h1,6-12,18H,13-17H2,2-4H3,(H2,25,26,27). The fraction of sp³-hybridized carbons (Fsp3) is 0.333. The van der Waals surface area contributed by atoms with Gasteiger partial charge in [0.05, 0.1) is 0 Å². The van der Waals surface area contributed by atoms with E-state index < -0.39 is 0 Å². The number of rotatable bonds is 9. The van der Waals surface area contributed by atoms with Crippen molar-refractivity contribution >= 4 is 11.9 Å². The van der Waals surface area contributed by atoms with Crippen LogP contribution in [0.3, 0.4) is 0 Å². The first kappa shape index (κ1) is 22.8. The van der Waals surface area contributed by atoms with Gasteiger partial charge in [0.2, 0.25) is 0 Å². The first-order valence-corrected chi connectivity index (χ1v) is 9.93. The fourth-order valence-corrected chi connectivity index (χ4v) is 2.87. The zero-order chi connectivity index (χ0) is 21.8. The number of benzene rings is 2. The quantitative estimate of drug-likeness (QED) is 0.381. The molecule has 0 radical (unpaired) electrons. The molecule has 158 valence electrons. The molecule has 0 spiro atoms. The lowest BCUT2D eigenvalue weighted by atomic mass is 10.1. The summed E-state index contributed by atoms with van der Waals surface area (Å²) in [7, 11) is 5.27. The van der Waals surface area contributed by atoms with E-state index >= 15 is 0 Å². The van der Waals surface area contributed by atoms with Gasteiger partial charge in [0.25, 0.3) is 5.91 Å². The van der Waals surface area contributed by atoms with Crippen molar-refractivity contribution in [3.63, 3.8) is 0 Å². The predicted octanol–water partition coefficient (Wildman–Crippen LogP) is 2.35. The maximum Gasteiger partial charge on any atom is 0.253 e. The van der Waals surface area contributed by atoms with Gasteiger partial charge < -0.3 is 20.3 Å². The van der Waals surface area contributed by atoms with Crippen LogP contribution in [0, 0.1) is 12.3 Å². The minimum absolute atomic E-state index is 0.0120. The van der Waals surface area contributed by atoms with Crippen LogP contribution in [-0.4, -0.2) is 57.6 Å². The molecule has 0 atom stereocenters. The van der Waals surface area contributed by atoms with Gasteiger partial charge in [0.1, 0.15) is 12.4 Å². The van der Waals surface area contributed by atoms with E-state index in [1.54, 1.807) is 26.0 Å². The van der Waals surface area contributed by atoms with Gasteiger partial charge in [-0.2, -0.15) is 0 Å². The number of nitrogens with zero attached hydrogens (tertiary/aromatic N) is 2. The van der Waals surface area contributed by atoms with Crippen molar-refractivity contribution in [3.05, 3.63) is 65.2 Å². The van der Waals surface area contributed by atoms with Gasteiger partial charge in [0.15, 0.2) is 5.96 Å². The molecule has 30 heavy (non-hydrogen) atoms. The first-order valence-electron chi connectivity index (χ1n) is 9.93. The third-order valence-electron chi connectivity index (χ3n) is 4.46. The topological polar surface area (TPSA) is 66.0 Å². The summed E-state index contributed by atoms with van der Waals surface area (Å²) < 4.78 is 5.38. The number of hydrogen-bond acceptors (Lipinski definition) is 3. The maximum atomic E-state index is 12.1. The Morgan fingerprint density at radius 2 is 1.73 bits per heavy atom. The Hall–Kier alpha value is -3.46. The Bertz CT molecular complexity index is 883. The molecule has 2 rings (SSSR count). The van der Waals surface area contributed by atoms with Gasteiger partial charge >= 0.3 is 0 Å². The second-order valence-corrected chi connectivity index (χ2v) is 6.96. The smallest absolute Gasteiger partial charge is 0.253 e. The van der Waals surface area contributed by atoms with E-state index in [-0.39, 0.29) is 12.5 Å². The lowest BCUT2D eigenvalue weighted by Crippen LogP contribution is -2.39. The Morgan fingerprint density at radius 3 is 2.33 bits per heavy atom. The van der Waals surface area contributed by atoms with Crippen molar-refractivity contribution in [1.29, 1.82) is 0 Å². The molecule has 0 aliphatic carbocycles. The highest BCUT2D eigenvalue weighted by atomic mass is 16.5. The number of aliphatic imine (C=N–C) groups is 1. The van der Waals surface area contributed by atoms with Crippen LogP contribution in [0.1, 0.15) is 21.5 Å². The predicted molar refractivity (Wildman–Crippen MR) is 122 cm³/mol. The van der Waals surface area contributed by atoms with Gasteiger partial charge in [-0.05, 0) is 48.2 Å². The number of terminal acetylenes is 1. The number of nitrogens with one attached hydrogen (secondary N) is 2. The molecule has 0 fully saturated rings. The number of carbonyl (C=O) groups excluding carboxylic acids is 1. The van der Waals surface area contributed by atoms with Gasteiger partial charge in [-0.3, -0.25) is 9.79 Å². The zero-order valence-corrected chi connectivity index (χ0v) is 17.9. The average molecular weight is 407 g/mol. The molecular formula is C24H30N4O2. The molecule has 1 amide bonds. The maximum absolute atomic E-state index is 12.1. The SMILES string of the molecule is C#CCOc1ccc(CCNC(=NC)NCCc2cccc(C(=O)N(C)C)c2)cc1. The van der Waals surface area contributed by atoms with E-state index in [9.17, 15) is 4.79 Å². The summed E-state index contributed by atoms with van der Waals surface area (Å²) in [5.74, 6) is 4.00. The van der Waals surface area contributed by atoms with E-state index in [4.69, 9.17) is 11.2 Å². The molecule has 0 saturated carbocycles. The highest BCUT2D eigenvalue weighted by molar-refractivity contribution is 5.94. The van der Waals surface area contributed by atoms with Gasteiger partial charge in [-0.1, -0.05) is 30.2 Å². The molecule has 2 aromatic carbocycles. The lowest BCUT2D eigenvalue weighted by Gasteiger charge is -2.13. The fourth-order valence-electron chi connectivity index (χ4n) is 2.87. The van der Waals surface area contributed by atoms with Crippen molar-refractivity contribution in [3.8, 4) is 18.1 Å². The van der Waals surface area contributed by atoms with Crippen LogP contribution in [-0.2, 0) is 12.8 Å². The number of hydrogen-bond donors (Lipinski definition) is 2. The van der Waals surface area contributed by atoms with Crippen LogP contribution in [0.5, 0.6) is 5.75 Å². The first-order chi connectivity index (χ1) is 14.5. The average Bonchev–Trinajstić information content (AvgIpc) is 2.77. The monoisotopic (exact) mass is 406 g/mol. The van der Waals surface area contributed by atoms with E-state index in [0.29, 0.717) is 5.56 Å². The Balaban J connectivity index is 1.74. The second-order valence-electron chi connectivity index (χ2n) is 6.96. The van der Waals surface area contributed by atoms with Crippen LogP contribution in [0.4, 0.5) is 0 Å². The van der Waals surface area contributed by atoms with Crippen molar-refractivity contribution in [1.82, 2.24) is 15.5 Å². The van der Waals surface area contributed by atoms with Crippen molar-refractivity contribution in [2.45, 2.75) is 12.8 Å². The van der Waals surface area contributed by atoms with Crippen molar-refractivity contribution < 1.29 is 9.53 Å². The van der Waals surface area contributed by atoms with E-state index in [1.807, 2.05) is 48.5 Å². The molecule has 6 nitrogen and oxygen atoms in total. The van der Waals surface area contributed by atoms with Gasteiger partial charge in [-0.15, -0.1) is 6.42 Å². The lowest BCUT2D eigenvalue weighted by molar-refractivity contribution is 0.0827. The molecular weight excluding hydrogens is 376 g/mol. The minimum atomic E-state index is 0.0120. The summed E-state index contributed by atoms with van der Waals surface area (Å²) in [6, 6.07) is 15.6. The summed E-state index contributed by atoms with van der Waals surface area (Å²) in [5, 5.41) is 6.63. The molecule has 0 unspecified atom stereocenters. The number of guanidine groups is 1. The summed E-state index contributed by atoms with van der Waals surface area (Å²) in [6.07, 6.45) is 6.86. The Labute approximate surface area is 179 Å². The van der Waals surface area contributed by atoms with Crippen LogP contribution in [0.2, 0.25) is 0 Å². The molecule has 0 aliphatic heterocycles. The molecule has 2 aromatic rings. The minimum Gasteiger partial charge on any atom is -0.481 e. The normalized spacial score (nSPS) is 10.8. The van der Waals surface area contributed by atoms with E-state index in [2.05, 4.69) is 21.5 Å². The molecule has 0 heterocycles. The molecule has 0 aromatic heterocycles. The molecule has 0 saturated heterocycles. The van der Waals surface area contributed by atoms with Crippen molar-refractivity contribution in [2.24, 2.45) is 4.99 Å². The number of carbonyl (C=O) groups is 1. The summed E-state index contributed by atoms with van der Waals surface area (Å²) in [4.78, 5) is 17.9. The highest BCUT2D eigenvalue weighted by Crippen LogP contribution is 2.12. The Kier molecular flexibility index (Phi) is 9.26. The zero-order valence-electron chi connectivity index (χ0n) is 17.9. The van der Waals surface area contributed by atoms with Crippen LogP contribution < -0.4 is 15.4 Å². The molecule has 6 heteroatoms. The summed E-state index contributed by atoms with van der Waals surface area (Å²) in [5.41, 5.74) is 3.02. The largest absolute Gasteiger partial charge is 0.481 e. The van der Waals surface area contributed by atoms with E-state index in [1.165, 1.54) is 5.56 Å². The molecule has 0 aliphatic rings. The number of amides is 1. The number of ether oxygens (including phenoxy) is 1.